The Bertz CT molecular complexity index is 791. The molecule has 0 N–H and O–H groups in total. The maximum absolute atomic E-state index is 12.7. The fourth-order valence-corrected chi connectivity index (χ4v) is 4.81. The van der Waals surface area contributed by atoms with E-state index in [1.54, 1.807) is 11.4 Å². The monoisotopic (exact) mass is 360 g/mol. The van der Waals surface area contributed by atoms with Gasteiger partial charge in [-0.15, -0.1) is 0 Å². The molecule has 134 valence electrons. The maximum Gasteiger partial charge on any atom is 0.218 e. The molecule has 0 aliphatic carbocycles. The number of ether oxygens (including phenoxy) is 1. The molecule has 0 aromatic heterocycles. The van der Waals surface area contributed by atoms with Crippen molar-refractivity contribution in [3.05, 3.63) is 60.2 Å². The molecule has 2 aromatic rings. The Kier molecular flexibility index (Phi) is 5.30. The van der Waals surface area contributed by atoms with Crippen molar-refractivity contribution in [3.63, 3.8) is 0 Å². The fourth-order valence-electron chi connectivity index (χ4n) is 3.21. The highest BCUT2D eigenvalue weighted by atomic mass is 32.2. The highest BCUT2D eigenvalue weighted by molar-refractivity contribution is 7.88. The van der Waals surface area contributed by atoms with Crippen molar-refractivity contribution < 1.29 is 13.2 Å². The zero-order chi connectivity index (χ0) is 17.9. The van der Waals surface area contributed by atoms with Crippen LogP contribution in [-0.4, -0.2) is 45.5 Å². The molecule has 0 amide bonds. The number of sulfonamides is 1. The van der Waals surface area contributed by atoms with Crippen LogP contribution in [0.5, 0.6) is 5.75 Å². The molecular formula is C19H24N2O3S. The molecule has 1 heterocycles. The van der Waals surface area contributed by atoms with Crippen LogP contribution in [0.25, 0.3) is 0 Å². The minimum absolute atomic E-state index is 0.0586. The van der Waals surface area contributed by atoms with Gasteiger partial charge in [0.25, 0.3) is 0 Å². The quantitative estimate of drug-likeness (QED) is 0.823. The molecule has 0 spiro atoms. The van der Waals surface area contributed by atoms with Crippen molar-refractivity contribution in [2.75, 3.05) is 31.6 Å². The lowest BCUT2D eigenvalue weighted by atomic mass is 10.2. The molecule has 1 fully saturated rings. The van der Waals surface area contributed by atoms with Crippen LogP contribution in [0, 0.1) is 0 Å². The topological polar surface area (TPSA) is 49.9 Å². The van der Waals surface area contributed by atoms with Crippen LogP contribution in [0.1, 0.15) is 12.5 Å². The van der Waals surface area contributed by atoms with Crippen LogP contribution in [0.2, 0.25) is 0 Å². The second-order valence-corrected chi connectivity index (χ2v) is 8.31. The predicted molar refractivity (Wildman–Crippen MR) is 100 cm³/mol. The molecule has 5 nitrogen and oxygen atoms in total. The SMILES string of the molecule is COc1ccc(N2CCN(S(=O)(=O)Cc3ccccc3)CC2C)cc1. The highest BCUT2D eigenvalue weighted by Crippen LogP contribution is 2.25. The summed E-state index contributed by atoms with van der Waals surface area (Å²) in [5.74, 6) is 0.879. The first-order valence-corrected chi connectivity index (χ1v) is 10.0. The van der Waals surface area contributed by atoms with E-state index >= 15 is 0 Å². The highest BCUT2D eigenvalue weighted by Gasteiger charge is 2.31. The van der Waals surface area contributed by atoms with E-state index in [4.69, 9.17) is 4.74 Å². The minimum Gasteiger partial charge on any atom is -0.497 e. The van der Waals surface area contributed by atoms with Gasteiger partial charge < -0.3 is 9.64 Å². The van der Waals surface area contributed by atoms with Gasteiger partial charge in [-0.05, 0) is 36.8 Å². The zero-order valence-corrected chi connectivity index (χ0v) is 15.4. The van der Waals surface area contributed by atoms with Gasteiger partial charge >= 0.3 is 0 Å². The van der Waals surface area contributed by atoms with E-state index in [2.05, 4.69) is 11.8 Å². The van der Waals surface area contributed by atoms with Gasteiger partial charge in [-0.3, -0.25) is 0 Å². The Hall–Kier alpha value is -2.05. The van der Waals surface area contributed by atoms with E-state index in [0.717, 1.165) is 17.0 Å². The van der Waals surface area contributed by atoms with Gasteiger partial charge in [0.15, 0.2) is 0 Å². The minimum atomic E-state index is -3.30. The van der Waals surface area contributed by atoms with Crippen molar-refractivity contribution in [2.45, 2.75) is 18.7 Å². The molecular weight excluding hydrogens is 336 g/mol. The molecule has 1 aliphatic rings. The first kappa shape index (κ1) is 17.8. The summed E-state index contributed by atoms with van der Waals surface area (Å²) in [6, 6.07) is 17.4. The number of benzene rings is 2. The summed E-state index contributed by atoms with van der Waals surface area (Å²) in [7, 11) is -1.65. The second-order valence-electron chi connectivity index (χ2n) is 6.34. The molecule has 1 aliphatic heterocycles. The number of hydrogen-bond donors (Lipinski definition) is 0. The third kappa shape index (κ3) is 4.14. The summed E-state index contributed by atoms with van der Waals surface area (Å²) in [5.41, 5.74) is 1.92. The summed E-state index contributed by atoms with van der Waals surface area (Å²) in [5, 5.41) is 0. The van der Waals surface area contributed by atoms with Crippen LogP contribution < -0.4 is 9.64 Å². The van der Waals surface area contributed by atoms with E-state index in [-0.39, 0.29) is 11.8 Å². The molecule has 1 atom stereocenters. The Morgan fingerprint density at radius 2 is 1.72 bits per heavy atom. The molecule has 1 saturated heterocycles. The molecule has 3 rings (SSSR count). The lowest BCUT2D eigenvalue weighted by molar-refractivity contribution is 0.342. The lowest BCUT2D eigenvalue weighted by Gasteiger charge is -2.40. The van der Waals surface area contributed by atoms with Gasteiger partial charge in [-0.25, -0.2) is 8.42 Å². The number of nitrogens with zero attached hydrogens (tertiary/aromatic N) is 2. The first-order valence-electron chi connectivity index (χ1n) is 8.42. The predicted octanol–water partition coefficient (Wildman–Crippen LogP) is 2.74. The normalized spacial score (nSPS) is 19.0. The summed E-state index contributed by atoms with van der Waals surface area (Å²) >= 11 is 0. The molecule has 25 heavy (non-hydrogen) atoms. The van der Waals surface area contributed by atoms with Crippen molar-refractivity contribution in [2.24, 2.45) is 0 Å². The second kappa shape index (κ2) is 7.45. The van der Waals surface area contributed by atoms with Crippen LogP contribution in [-0.2, 0) is 15.8 Å². The van der Waals surface area contributed by atoms with Crippen molar-refractivity contribution in [1.82, 2.24) is 4.31 Å². The smallest absolute Gasteiger partial charge is 0.218 e. The number of hydrogen-bond acceptors (Lipinski definition) is 4. The van der Waals surface area contributed by atoms with Gasteiger partial charge in [-0.2, -0.15) is 4.31 Å². The molecule has 0 bridgehead atoms. The summed E-state index contributed by atoms with van der Waals surface area (Å²) < 4.78 is 32.2. The van der Waals surface area contributed by atoms with E-state index in [0.29, 0.717) is 19.6 Å². The van der Waals surface area contributed by atoms with Crippen molar-refractivity contribution in [1.29, 1.82) is 0 Å². The van der Waals surface area contributed by atoms with Gasteiger partial charge in [0.05, 0.1) is 12.9 Å². The van der Waals surface area contributed by atoms with E-state index in [9.17, 15) is 8.42 Å². The Labute approximate surface area is 149 Å². The van der Waals surface area contributed by atoms with Crippen LogP contribution in [0.4, 0.5) is 5.69 Å². The summed E-state index contributed by atoms with van der Waals surface area (Å²) in [4.78, 5) is 2.24. The average Bonchev–Trinajstić information content (AvgIpc) is 2.62. The number of rotatable bonds is 5. The third-order valence-corrected chi connectivity index (χ3v) is 6.40. The lowest BCUT2D eigenvalue weighted by Crippen LogP contribution is -2.53. The maximum atomic E-state index is 12.7. The molecule has 2 aromatic carbocycles. The van der Waals surface area contributed by atoms with Gasteiger partial charge in [0.2, 0.25) is 10.0 Å². The number of methoxy groups -OCH3 is 1. The number of anilines is 1. The first-order chi connectivity index (χ1) is 12.0. The van der Waals surface area contributed by atoms with Gasteiger partial charge in [0, 0.05) is 31.4 Å². The average molecular weight is 360 g/mol. The van der Waals surface area contributed by atoms with E-state index < -0.39 is 10.0 Å². The Morgan fingerprint density at radius 1 is 1.04 bits per heavy atom. The molecule has 1 unspecified atom stereocenters. The van der Waals surface area contributed by atoms with Crippen LogP contribution >= 0.6 is 0 Å². The number of piperazine rings is 1. The van der Waals surface area contributed by atoms with Crippen LogP contribution in [0.15, 0.2) is 54.6 Å². The fraction of sp³-hybridized carbons (Fsp3) is 0.368. The van der Waals surface area contributed by atoms with Gasteiger partial charge in [0.1, 0.15) is 5.75 Å². The van der Waals surface area contributed by atoms with Crippen molar-refractivity contribution >= 4 is 15.7 Å². The van der Waals surface area contributed by atoms with Gasteiger partial charge in [-0.1, -0.05) is 30.3 Å². The third-order valence-electron chi connectivity index (χ3n) is 4.58. The zero-order valence-electron chi connectivity index (χ0n) is 14.6. The Balaban J connectivity index is 1.68. The molecule has 6 heteroatoms. The molecule has 0 radical (unpaired) electrons. The van der Waals surface area contributed by atoms with E-state index in [1.807, 2.05) is 54.6 Å². The summed E-state index contributed by atoms with van der Waals surface area (Å²) in [6.07, 6.45) is 0. The van der Waals surface area contributed by atoms with Crippen molar-refractivity contribution in [3.8, 4) is 5.75 Å². The van der Waals surface area contributed by atoms with E-state index in [1.165, 1.54) is 0 Å². The standard InChI is InChI=1S/C19H24N2O3S/c1-16-14-20(25(22,23)15-17-6-4-3-5-7-17)12-13-21(16)18-8-10-19(24-2)11-9-18/h3-11,16H,12-15H2,1-2H3. The Morgan fingerprint density at radius 3 is 2.32 bits per heavy atom. The molecule has 0 saturated carbocycles. The largest absolute Gasteiger partial charge is 0.497 e. The van der Waals surface area contributed by atoms with Crippen LogP contribution in [0.3, 0.4) is 0 Å². The summed E-state index contributed by atoms with van der Waals surface area (Å²) in [6.45, 7) is 3.75.